The average Bonchev–Trinajstić information content (AvgIpc) is 2.88. The fourth-order valence-corrected chi connectivity index (χ4v) is 3.14. The van der Waals surface area contributed by atoms with Crippen LogP contribution < -0.4 is 5.14 Å². The van der Waals surface area contributed by atoms with Crippen LogP contribution in [0.1, 0.15) is 35.9 Å². The number of primary sulfonamides is 1. The van der Waals surface area contributed by atoms with Crippen LogP contribution in [0.15, 0.2) is 33.7 Å². The summed E-state index contributed by atoms with van der Waals surface area (Å²) in [4.78, 5) is 4.44. The summed E-state index contributed by atoms with van der Waals surface area (Å²) >= 11 is 1.66. The Morgan fingerprint density at radius 3 is 2.81 bits per heavy atom. The molecule has 0 saturated heterocycles. The van der Waals surface area contributed by atoms with Crippen molar-refractivity contribution in [3.05, 3.63) is 41.5 Å². The van der Waals surface area contributed by atoms with Crippen LogP contribution in [0.25, 0.3) is 0 Å². The molecule has 0 radical (unpaired) electrons. The zero-order valence-electron chi connectivity index (χ0n) is 11.8. The summed E-state index contributed by atoms with van der Waals surface area (Å²) in [5.41, 5.74) is 0.770. The molecule has 1 atom stereocenters. The van der Waals surface area contributed by atoms with Crippen LogP contribution in [-0.2, 0) is 16.4 Å². The summed E-state index contributed by atoms with van der Waals surface area (Å²) in [6.07, 6.45) is 3.30. The van der Waals surface area contributed by atoms with Crippen molar-refractivity contribution in [3.8, 4) is 0 Å². The molecule has 0 aliphatic rings. The van der Waals surface area contributed by atoms with Crippen LogP contribution in [0.2, 0.25) is 0 Å². The number of hydrogen-bond donors (Lipinski definition) is 1. The van der Waals surface area contributed by atoms with Gasteiger partial charge >= 0.3 is 0 Å². The number of rotatable bonds is 6. The van der Waals surface area contributed by atoms with E-state index in [0.29, 0.717) is 18.1 Å². The van der Waals surface area contributed by atoms with E-state index in [1.807, 2.05) is 6.26 Å². The SMILES string of the molecule is CCC(SC)c1nc(Cc2cccc(S(N)(=O)=O)c2)no1. The first-order chi connectivity index (χ1) is 9.94. The number of aromatic nitrogens is 2. The van der Waals surface area contributed by atoms with E-state index in [1.165, 1.54) is 12.1 Å². The molecule has 0 amide bonds. The highest BCUT2D eigenvalue weighted by Gasteiger charge is 2.16. The van der Waals surface area contributed by atoms with E-state index in [2.05, 4.69) is 17.1 Å². The zero-order chi connectivity index (χ0) is 15.5. The fourth-order valence-electron chi connectivity index (χ4n) is 1.93. The topological polar surface area (TPSA) is 99.1 Å². The molecular weight excluding hydrogens is 310 g/mol. The van der Waals surface area contributed by atoms with Gasteiger partial charge in [0.05, 0.1) is 10.1 Å². The summed E-state index contributed by atoms with van der Waals surface area (Å²) in [6.45, 7) is 2.06. The molecule has 1 heterocycles. The standard InChI is InChI=1S/C13H17N3O3S2/c1-3-11(20-2)13-15-12(16-19-13)8-9-5-4-6-10(7-9)21(14,17)18/h4-7,11H,3,8H2,1-2H3,(H2,14,17,18). The highest BCUT2D eigenvalue weighted by atomic mass is 32.2. The van der Waals surface area contributed by atoms with Crippen LogP contribution in [0, 0.1) is 0 Å². The van der Waals surface area contributed by atoms with Crippen molar-refractivity contribution in [2.24, 2.45) is 5.14 Å². The lowest BCUT2D eigenvalue weighted by molar-refractivity contribution is 0.370. The maximum atomic E-state index is 11.3. The van der Waals surface area contributed by atoms with Crippen LogP contribution in [0.5, 0.6) is 0 Å². The van der Waals surface area contributed by atoms with Crippen molar-refractivity contribution in [1.29, 1.82) is 0 Å². The number of benzene rings is 1. The summed E-state index contributed by atoms with van der Waals surface area (Å²) in [5, 5.41) is 9.24. The Bertz CT molecular complexity index is 709. The highest BCUT2D eigenvalue weighted by molar-refractivity contribution is 7.98. The molecule has 0 fully saturated rings. The second kappa shape index (κ2) is 6.59. The molecule has 0 spiro atoms. The summed E-state index contributed by atoms with van der Waals surface area (Å²) in [5.74, 6) is 1.13. The fraction of sp³-hybridized carbons (Fsp3) is 0.385. The summed E-state index contributed by atoms with van der Waals surface area (Å²) in [7, 11) is -3.70. The molecule has 8 heteroatoms. The predicted octanol–water partition coefficient (Wildman–Crippen LogP) is 2.12. The largest absolute Gasteiger partial charge is 0.338 e. The van der Waals surface area contributed by atoms with E-state index in [1.54, 1.807) is 23.9 Å². The molecule has 1 aromatic heterocycles. The van der Waals surface area contributed by atoms with Gasteiger partial charge in [-0.25, -0.2) is 13.6 Å². The molecule has 0 aliphatic heterocycles. The van der Waals surface area contributed by atoms with E-state index >= 15 is 0 Å². The Labute approximate surface area is 128 Å². The van der Waals surface area contributed by atoms with Crippen molar-refractivity contribution in [1.82, 2.24) is 10.1 Å². The minimum absolute atomic E-state index is 0.0827. The lowest BCUT2D eigenvalue weighted by Crippen LogP contribution is -2.12. The van der Waals surface area contributed by atoms with Gasteiger partial charge in [0, 0.05) is 6.42 Å². The molecule has 114 valence electrons. The lowest BCUT2D eigenvalue weighted by Gasteiger charge is -2.04. The molecule has 0 aliphatic carbocycles. The first-order valence-corrected chi connectivity index (χ1v) is 9.24. The first kappa shape index (κ1) is 16.0. The van der Waals surface area contributed by atoms with E-state index in [9.17, 15) is 8.42 Å². The second-order valence-corrected chi connectivity index (χ2v) is 7.15. The van der Waals surface area contributed by atoms with Crippen molar-refractivity contribution < 1.29 is 12.9 Å². The number of thioether (sulfide) groups is 1. The Kier molecular flexibility index (Phi) is 5.02. The van der Waals surface area contributed by atoms with E-state index < -0.39 is 10.0 Å². The van der Waals surface area contributed by atoms with Gasteiger partial charge in [-0.15, -0.1) is 0 Å². The molecule has 0 saturated carbocycles. The molecule has 2 rings (SSSR count). The third-order valence-electron chi connectivity index (χ3n) is 3.00. The minimum Gasteiger partial charge on any atom is -0.338 e. The molecule has 1 aromatic carbocycles. The number of hydrogen-bond acceptors (Lipinski definition) is 6. The predicted molar refractivity (Wildman–Crippen MR) is 81.5 cm³/mol. The second-order valence-electron chi connectivity index (χ2n) is 4.55. The van der Waals surface area contributed by atoms with Crippen molar-refractivity contribution in [3.63, 3.8) is 0 Å². The van der Waals surface area contributed by atoms with Gasteiger partial charge in [-0.1, -0.05) is 24.2 Å². The molecule has 0 bridgehead atoms. The molecule has 1 unspecified atom stereocenters. The number of nitrogens with zero attached hydrogens (tertiary/aromatic N) is 2. The van der Waals surface area contributed by atoms with Gasteiger partial charge in [-0.05, 0) is 30.4 Å². The summed E-state index contributed by atoms with van der Waals surface area (Å²) < 4.78 is 27.9. The Morgan fingerprint density at radius 2 is 2.19 bits per heavy atom. The van der Waals surface area contributed by atoms with Crippen molar-refractivity contribution in [2.75, 3.05) is 6.26 Å². The minimum atomic E-state index is -3.70. The number of nitrogens with two attached hydrogens (primary N) is 1. The van der Waals surface area contributed by atoms with Crippen molar-refractivity contribution >= 4 is 21.8 Å². The van der Waals surface area contributed by atoms with Gasteiger partial charge in [0.2, 0.25) is 15.9 Å². The maximum absolute atomic E-state index is 11.3. The molecule has 21 heavy (non-hydrogen) atoms. The van der Waals surface area contributed by atoms with Crippen LogP contribution >= 0.6 is 11.8 Å². The molecular formula is C13H17N3O3S2. The van der Waals surface area contributed by atoms with Gasteiger partial charge < -0.3 is 4.52 Å². The van der Waals surface area contributed by atoms with Gasteiger partial charge in [-0.2, -0.15) is 16.7 Å². The maximum Gasteiger partial charge on any atom is 0.239 e. The first-order valence-electron chi connectivity index (χ1n) is 6.41. The van der Waals surface area contributed by atoms with Crippen molar-refractivity contribution in [2.45, 2.75) is 29.9 Å². The van der Waals surface area contributed by atoms with E-state index in [4.69, 9.17) is 9.66 Å². The smallest absolute Gasteiger partial charge is 0.239 e. The zero-order valence-corrected chi connectivity index (χ0v) is 13.4. The summed E-state index contributed by atoms with van der Waals surface area (Å²) in [6, 6.07) is 6.43. The molecule has 2 aromatic rings. The Morgan fingerprint density at radius 1 is 1.43 bits per heavy atom. The van der Waals surface area contributed by atoms with Crippen LogP contribution in [0.4, 0.5) is 0 Å². The van der Waals surface area contributed by atoms with Crippen LogP contribution in [-0.4, -0.2) is 24.8 Å². The van der Waals surface area contributed by atoms with E-state index in [-0.39, 0.29) is 10.1 Å². The van der Waals surface area contributed by atoms with Crippen LogP contribution in [0.3, 0.4) is 0 Å². The van der Waals surface area contributed by atoms with Gasteiger partial charge in [0.15, 0.2) is 5.82 Å². The Hall–Kier alpha value is -1.38. The quantitative estimate of drug-likeness (QED) is 0.872. The third kappa shape index (κ3) is 4.05. The highest BCUT2D eigenvalue weighted by Crippen LogP contribution is 2.28. The van der Waals surface area contributed by atoms with Gasteiger partial charge in [-0.3, -0.25) is 0 Å². The normalized spacial score (nSPS) is 13.3. The lowest BCUT2D eigenvalue weighted by atomic mass is 10.1. The van der Waals surface area contributed by atoms with Gasteiger partial charge in [0.1, 0.15) is 0 Å². The number of sulfonamides is 1. The van der Waals surface area contributed by atoms with Gasteiger partial charge in [0.25, 0.3) is 0 Å². The monoisotopic (exact) mass is 327 g/mol. The third-order valence-corrected chi connectivity index (χ3v) is 5.02. The van der Waals surface area contributed by atoms with E-state index in [0.717, 1.165) is 12.0 Å². The molecule has 6 nitrogen and oxygen atoms in total. The Balaban J connectivity index is 2.19. The average molecular weight is 327 g/mol. The molecule has 2 N–H and O–H groups in total.